The molecule has 1 rings (SSSR count). The minimum absolute atomic E-state index is 0.0466. The van der Waals surface area contributed by atoms with Crippen molar-refractivity contribution in [3.63, 3.8) is 0 Å². The third-order valence-corrected chi connectivity index (χ3v) is 4.96. The fourth-order valence-electron chi connectivity index (χ4n) is 1.01. The maximum absolute atomic E-state index is 5.92. The van der Waals surface area contributed by atoms with E-state index in [2.05, 4.69) is 46.5 Å². The summed E-state index contributed by atoms with van der Waals surface area (Å²) in [5, 5.41) is 5.58. The highest BCUT2D eigenvalue weighted by Gasteiger charge is 2.19. The van der Waals surface area contributed by atoms with Gasteiger partial charge >= 0.3 is 0 Å². The molecular formula is C10H15BrClNS. The molecule has 1 atom stereocenters. The van der Waals surface area contributed by atoms with E-state index in [1.54, 1.807) is 11.3 Å². The summed E-state index contributed by atoms with van der Waals surface area (Å²) < 4.78 is 1.18. The lowest BCUT2D eigenvalue weighted by molar-refractivity contribution is 0.381. The van der Waals surface area contributed by atoms with E-state index in [0.717, 1.165) is 13.0 Å². The third-order valence-electron chi connectivity index (χ3n) is 2.44. The van der Waals surface area contributed by atoms with Crippen molar-refractivity contribution in [3.05, 3.63) is 20.8 Å². The first kappa shape index (κ1) is 12.5. The van der Waals surface area contributed by atoms with Crippen LogP contribution in [0.15, 0.2) is 15.9 Å². The van der Waals surface area contributed by atoms with Gasteiger partial charge in [0.15, 0.2) is 0 Å². The molecule has 0 aromatic carbocycles. The average molecular weight is 297 g/mol. The fraction of sp³-hybridized carbons (Fsp3) is 0.600. The SMILES string of the molecule is CCC(C)(CCl)NCc1sccc1Br. The molecule has 0 bridgehead atoms. The van der Waals surface area contributed by atoms with E-state index in [9.17, 15) is 0 Å². The molecule has 0 radical (unpaired) electrons. The second kappa shape index (κ2) is 5.50. The Morgan fingerprint density at radius 3 is 2.79 bits per heavy atom. The van der Waals surface area contributed by atoms with Crippen LogP contribution in [0.1, 0.15) is 25.1 Å². The number of alkyl halides is 1. The standard InChI is InChI=1S/C10H15BrClNS/c1-3-10(2,7-12)13-6-9-8(11)4-5-14-9/h4-5,13H,3,6-7H2,1-2H3. The van der Waals surface area contributed by atoms with Gasteiger partial charge in [-0.3, -0.25) is 0 Å². The van der Waals surface area contributed by atoms with Crippen molar-refractivity contribution >= 4 is 38.9 Å². The second-order valence-electron chi connectivity index (χ2n) is 3.59. The smallest absolute Gasteiger partial charge is 0.0403 e. The van der Waals surface area contributed by atoms with Crippen molar-refractivity contribution in [1.29, 1.82) is 0 Å². The van der Waals surface area contributed by atoms with Crippen LogP contribution in [0.4, 0.5) is 0 Å². The number of halogens is 2. The van der Waals surface area contributed by atoms with Crippen LogP contribution in [-0.2, 0) is 6.54 Å². The van der Waals surface area contributed by atoms with Crippen molar-refractivity contribution in [2.75, 3.05) is 5.88 Å². The molecule has 0 fully saturated rings. The number of thiophene rings is 1. The Morgan fingerprint density at radius 1 is 1.64 bits per heavy atom. The number of nitrogens with one attached hydrogen (secondary N) is 1. The first-order valence-electron chi connectivity index (χ1n) is 4.64. The van der Waals surface area contributed by atoms with Gasteiger partial charge in [0.1, 0.15) is 0 Å². The van der Waals surface area contributed by atoms with Gasteiger partial charge in [0, 0.05) is 27.3 Å². The molecule has 0 saturated heterocycles. The highest BCUT2D eigenvalue weighted by atomic mass is 79.9. The van der Waals surface area contributed by atoms with Gasteiger partial charge in [-0.05, 0) is 40.7 Å². The molecule has 1 aromatic rings. The van der Waals surface area contributed by atoms with Gasteiger partial charge in [0.05, 0.1) is 0 Å². The monoisotopic (exact) mass is 295 g/mol. The zero-order chi connectivity index (χ0) is 10.6. The van der Waals surface area contributed by atoms with Gasteiger partial charge in [-0.25, -0.2) is 0 Å². The first-order valence-corrected chi connectivity index (χ1v) is 6.85. The number of hydrogen-bond acceptors (Lipinski definition) is 2. The van der Waals surface area contributed by atoms with Crippen molar-refractivity contribution in [3.8, 4) is 0 Å². The topological polar surface area (TPSA) is 12.0 Å². The fourth-order valence-corrected chi connectivity index (χ4v) is 2.73. The molecule has 1 heterocycles. The molecule has 80 valence electrons. The zero-order valence-corrected chi connectivity index (χ0v) is 11.6. The van der Waals surface area contributed by atoms with Crippen molar-refractivity contribution < 1.29 is 0 Å². The van der Waals surface area contributed by atoms with Gasteiger partial charge in [0.25, 0.3) is 0 Å². The lowest BCUT2D eigenvalue weighted by Gasteiger charge is -2.27. The zero-order valence-electron chi connectivity index (χ0n) is 8.44. The van der Waals surface area contributed by atoms with Crippen molar-refractivity contribution in [2.45, 2.75) is 32.4 Å². The summed E-state index contributed by atoms with van der Waals surface area (Å²) >= 11 is 11.2. The van der Waals surface area contributed by atoms with Gasteiger partial charge in [-0.2, -0.15) is 0 Å². The summed E-state index contributed by atoms with van der Waals surface area (Å²) in [7, 11) is 0. The number of hydrogen-bond donors (Lipinski definition) is 1. The predicted molar refractivity (Wildman–Crippen MR) is 68.3 cm³/mol. The van der Waals surface area contributed by atoms with E-state index in [4.69, 9.17) is 11.6 Å². The summed E-state index contributed by atoms with van der Waals surface area (Å²) in [6.45, 7) is 5.19. The number of rotatable bonds is 5. The average Bonchev–Trinajstić information content (AvgIpc) is 2.61. The van der Waals surface area contributed by atoms with Crippen molar-refractivity contribution in [1.82, 2.24) is 5.32 Å². The van der Waals surface area contributed by atoms with E-state index in [-0.39, 0.29) is 5.54 Å². The van der Waals surface area contributed by atoms with Crippen LogP contribution < -0.4 is 5.32 Å². The lowest BCUT2D eigenvalue weighted by Crippen LogP contribution is -2.42. The molecular weight excluding hydrogens is 282 g/mol. The summed E-state index contributed by atoms with van der Waals surface area (Å²) in [4.78, 5) is 1.33. The van der Waals surface area contributed by atoms with Crippen molar-refractivity contribution in [2.24, 2.45) is 0 Å². The minimum Gasteiger partial charge on any atom is -0.305 e. The van der Waals surface area contributed by atoms with E-state index in [1.807, 2.05) is 0 Å². The maximum atomic E-state index is 5.92. The van der Waals surface area contributed by atoms with E-state index in [1.165, 1.54) is 9.35 Å². The predicted octanol–water partition coefficient (Wildman–Crippen LogP) is 4.01. The lowest BCUT2D eigenvalue weighted by atomic mass is 10.0. The Kier molecular flexibility index (Phi) is 4.91. The van der Waals surface area contributed by atoms with Crippen LogP contribution in [0.25, 0.3) is 0 Å². The van der Waals surface area contributed by atoms with Crippen LogP contribution in [0, 0.1) is 0 Å². The maximum Gasteiger partial charge on any atom is 0.0403 e. The molecule has 0 aliphatic carbocycles. The van der Waals surface area contributed by atoms with Gasteiger partial charge < -0.3 is 5.32 Å². The Hall–Kier alpha value is 0.430. The molecule has 0 aliphatic rings. The summed E-state index contributed by atoms with van der Waals surface area (Å²) in [6, 6.07) is 2.08. The Balaban J connectivity index is 2.52. The van der Waals surface area contributed by atoms with Crippen LogP contribution in [0.3, 0.4) is 0 Å². The van der Waals surface area contributed by atoms with E-state index in [0.29, 0.717) is 5.88 Å². The van der Waals surface area contributed by atoms with Crippen LogP contribution in [0.5, 0.6) is 0 Å². The van der Waals surface area contributed by atoms with Crippen LogP contribution >= 0.6 is 38.9 Å². The minimum atomic E-state index is 0.0466. The quantitative estimate of drug-likeness (QED) is 0.810. The molecule has 1 unspecified atom stereocenters. The van der Waals surface area contributed by atoms with Gasteiger partial charge in [-0.15, -0.1) is 22.9 Å². The summed E-state index contributed by atoms with van der Waals surface area (Å²) in [6.07, 6.45) is 1.04. The molecule has 0 aliphatic heterocycles. The summed E-state index contributed by atoms with van der Waals surface area (Å²) in [5.41, 5.74) is 0.0466. The molecule has 1 N–H and O–H groups in total. The van der Waals surface area contributed by atoms with Gasteiger partial charge in [0.2, 0.25) is 0 Å². The Labute approximate surface area is 103 Å². The highest BCUT2D eigenvalue weighted by Crippen LogP contribution is 2.23. The highest BCUT2D eigenvalue weighted by molar-refractivity contribution is 9.10. The Morgan fingerprint density at radius 2 is 2.36 bits per heavy atom. The largest absolute Gasteiger partial charge is 0.305 e. The molecule has 0 saturated carbocycles. The molecule has 14 heavy (non-hydrogen) atoms. The third kappa shape index (κ3) is 3.23. The Bertz CT molecular complexity index is 283. The normalized spacial score (nSPS) is 15.4. The molecule has 0 spiro atoms. The molecule has 4 heteroatoms. The second-order valence-corrected chi connectivity index (χ2v) is 5.72. The van der Waals surface area contributed by atoms with Crippen LogP contribution in [0.2, 0.25) is 0 Å². The van der Waals surface area contributed by atoms with E-state index >= 15 is 0 Å². The molecule has 0 amide bonds. The first-order chi connectivity index (χ1) is 6.61. The van der Waals surface area contributed by atoms with E-state index < -0.39 is 0 Å². The molecule has 1 nitrogen and oxygen atoms in total. The van der Waals surface area contributed by atoms with Gasteiger partial charge in [-0.1, -0.05) is 6.92 Å². The van der Waals surface area contributed by atoms with Crippen LogP contribution in [-0.4, -0.2) is 11.4 Å². The molecule has 1 aromatic heterocycles. The summed E-state index contributed by atoms with van der Waals surface area (Å²) in [5.74, 6) is 0.645.